The standard InChI is InChI=1S/2C29H33O16P.C29H32O13/c2*1-11-38-9-20-27(42-11)23(30)24(31)29(43-20)44-25-14-7-17-16(40-10-41-17)6-13(14)21(22-15(25)8-39-28(22)32)12-4-18(36-2)26(19(5-12)37-3)45-46(33,34)35;1-11-36-9-20-27(40-11)24(31)25(32)29(41-20)42-26-14-7-17-16(38-10-39-17)6-13(14)21(22-15(26)8-37-28(22)33)12-4-18(34-2)23(30)19(5-12)35-3/h2*4-7,11,15,20-25,27,29-31H,8-10H2,1-3H3,(H2,33,34,35);4-7,11,15,20-22,24-27,29-32H,8-10H2,1-3H3/t2*11-,15+,20-,21-,22+,23-,24-,25-,27-,29+;11-,15+,20-,21-,22+,24-,25-,26-,27-,29+/m111/s1/i2D3,3D3;8D2;2D3,3D3,8D2,22D. The highest BCUT2D eigenvalue weighted by Gasteiger charge is 2.62. The van der Waals surface area contributed by atoms with Gasteiger partial charge >= 0.3 is 33.6 Å². The van der Waals surface area contributed by atoms with Crippen molar-refractivity contribution in [1.29, 1.82) is 0 Å². The monoisotopic (exact) mass is 1940 g/mol. The molecule has 11 N–H and O–H groups in total. The van der Waals surface area contributed by atoms with Gasteiger partial charge in [-0.1, -0.05) is 0 Å². The Bertz CT molecular complexity index is 6210. The van der Waals surface area contributed by atoms with Crippen LogP contribution in [0.15, 0.2) is 72.8 Å². The molecule has 12 heterocycles. The van der Waals surface area contributed by atoms with Gasteiger partial charge in [0.2, 0.25) is 37.6 Å². The summed E-state index contributed by atoms with van der Waals surface area (Å²) in [6.07, 6.45) is -25.7. The number of hydrogen-bond acceptors (Lipinski definition) is 41. The topological polar surface area (TPSA) is 576 Å². The fourth-order valence-electron chi connectivity index (χ4n) is 19.5. The third-order valence-corrected chi connectivity index (χ3v) is 26.3. The summed E-state index contributed by atoms with van der Waals surface area (Å²) in [6.45, 7) is -1.45. The molecule has 15 aliphatic rings. The number of carbonyl (C=O) groups excluding carboxylic acids is 3. The number of aliphatic hydroxyl groups is 6. The zero-order valence-corrected chi connectivity index (χ0v) is 72.1. The predicted molar refractivity (Wildman–Crippen MR) is 437 cm³/mol. The SMILES string of the molecule is [2H]C([2H])([2H])Oc1cc([C@@H]2c3cc4c(cc3[C@@H](O[C@@H]3O[C@@H]5CO[C@@H](C)O[C@H]5[C@H](O)[C@H]3O)[C@H]3C([2H])([2H])OC(=O)[C@]23[2H])OCO4)cc(OC([2H])([2H])[2H])c1O.[2H]C([2H])([2H])Oc1cc([C@@H]2c3cc4c(cc3[C@@H](O[C@@H]3O[C@@H]5CO[C@@H](C)O[C@H]5[C@H](O)[C@H]3O)[C@H]3COC(=O)[C@H]23)OCO4)cc(OC([2H])([2H])[2H])c1OP(=O)(O)O.[2H]C1([2H])OC(=O)[C@@H]2[C@H](c3cc(OC)c(OP(=O)(O)O)c(OC)c3)c3cc4c(cc3[C@@H](O[C@@H]3O[C@@H]5CO[C@@H](C)O[C@H]5[C@H](O)[C@H]3O)[C@H]21)OCO4. The molecule has 6 aromatic rings. The van der Waals surface area contributed by atoms with Gasteiger partial charge in [0.1, 0.15) is 73.2 Å². The molecule has 9 fully saturated rings. The highest BCUT2D eigenvalue weighted by atomic mass is 31.2. The van der Waals surface area contributed by atoms with Crippen LogP contribution in [0.3, 0.4) is 0 Å². The summed E-state index contributed by atoms with van der Waals surface area (Å²) in [4.78, 5) is 79.4. The summed E-state index contributed by atoms with van der Waals surface area (Å²) < 4.78 is 321. The normalized spacial score (nSPS) is 38.8. The summed E-state index contributed by atoms with van der Waals surface area (Å²) in [5.41, 5.74) is 1.59. The van der Waals surface area contributed by atoms with E-state index in [2.05, 4.69) is 0 Å². The Hall–Kier alpha value is -9.69. The molecule has 0 spiro atoms. The molecule has 12 aliphatic heterocycles. The number of hydrogen-bond donors (Lipinski definition) is 11. The van der Waals surface area contributed by atoms with Gasteiger partial charge < -0.3 is 173 Å². The molecule has 726 valence electrons. The predicted octanol–water partition coefficient (Wildman–Crippen LogP) is 3.55. The first-order chi connectivity index (χ1) is 70.6. The first-order valence-electron chi connectivity index (χ1n) is 50.0. The Kier molecular flexibility index (Phi) is 20.6. The Balaban J connectivity index is 0.000000142. The molecular formula is C87H98O45P2. The fraction of sp³-hybridized carbons (Fsp3) is 0.552. The molecular weight excluding hydrogens is 1830 g/mol. The quantitative estimate of drug-likeness (QED) is 0.0314. The van der Waals surface area contributed by atoms with E-state index < -0.39 is 298 Å². The van der Waals surface area contributed by atoms with Crippen LogP contribution in [0.25, 0.3) is 0 Å². The highest BCUT2D eigenvalue weighted by Crippen LogP contribution is 2.63. The van der Waals surface area contributed by atoms with Crippen molar-refractivity contribution in [2.45, 2.75) is 168 Å². The van der Waals surface area contributed by atoms with Gasteiger partial charge in [0, 0.05) is 36.9 Å². The maximum atomic E-state index is 13.8. The first kappa shape index (κ1) is 74.5. The molecule has 3 aliphatic carbocycles. The number of carbonyl (C=O) groups is 3. The fourth-order valence-corrected chi connectivity index (χ4v) is 20.4. The van der Waals surface area contributed by atoms with Crippen LogP contribution in [0.1, 0.15) is 130 Å². The van der Waals surface area contributed by atoms with Crippen molar-refractivity contribution in [3.05, 3.63) is 123 Å². The molecule has 45 nitrogen and oxygen atoms in total. The van der Waals surface area contributed by atoms with E-state index in [9.17, 15) is 80.2 Å². The third kappa shape index (κ3) is 17.1. The maximum Gasteiger partial charge on any atom is 0.525 e. The Morgan fingerprint density at radius 3 is 1.07 bits per heavy atom. The second kappa shape index (κ2) is 37.0. The molecule has 0 radical (unpaired) electrons. The lowest BCUT2D eigenvalue weighted by Crippen LogP contribution is -2.63. The molecule has 0 amide bonds. The molecule has 0 aromatic heterocycles. The van der Waals surface area contributed by atoms with E-state index in [1.165, 1.54) is 44.6 Å². The second-order valence-corrected chi connectivity index (χ2v) is 35.4. The van der Waals surface area contributed by atoms with E-state index >= 15 is 0 Å². The zero-order chi connectivity index (χ0) is 109. The number of cyclic esters (lactones) is 3. The van der Waals surface area contributed by atoms with Crippen molar-refractivity contribution in [1.82, 2.24) is 0 Å². The molecule has 134 heavy (non-hydrogen) atoms. The average Bonchev–Trinajstić information content (AvgIpc) is 1.54. The number of phosphoric ester groups is 2. The summed E-state index contributed by atoms with van der Waals surface area (Å²) in [5.74, 6) is -20.6. The Labute approximate surface area is 785 Å². The lowest BCUT2D eigenvalue weighted by molar-refractivity contribution is -0.364. The van der Waals surface area contributed by atoms with Crippen molar-refractivity contribution in [3.8, 4) is 86.2 Å². The second-order valence-electron chi connectivity index (χ2n) is 33.0. The number of benzene rings is 6. The van der Waals surface area contributed by atoms with Gasteiger partial charge in [-0.3, -0.25) is 34.0 Å². The van der Waals surface area contributed by atoms with Gasteiger partial charge in [-0.25, -0.2) is 9.13 Å². The summed E-state index contributed by atoms with van der Waals surface area (Å²) in [6, 6.07) is 15.8. The number of phosphoric acid groups is 2. The van der Waals surface area contributed by atoms with Gasteiger partial charge in [-0.05, 0) is 144 Å². The van der Waals surface area contributed by atoms with Gasteiger partial charge in [0.15, 0.2) is 107 Å². The van der Waals surface area contributed by atoms with Gasteiger partial charge in [-0.2, -0.15) is 0 Å². The van der Waals surface area contributed by atoms with Crippen LogP contribution in [-0.4, -0.2) is 287 Å². The molecule has 30 atom stereocenters. The number of phenolic OH excluding ortho intramolecular Hbond substituents is 1. The lowest BCUT2D eigenvalue weighted by atomic mass is 9.66. The summed E-state index contributed by atoms with van der Waals surface area (Å²) in [7, 11) is -20.9. The largest absolute Gasteiger partial charge is 0.525 e. The van der Waals surface area contributed by atoms with Crippen LogP contribution < -0.4 is 65.9 Å². The number of aliphatic hydroxyl groups excluding tert-OH is 6. The number of aromatic hydroxyl groups is 1. The van der Waals surface area contributed by atoms with Crippen LogP contribution in [0, 0.1) is 35.5 Å². The van der Waals surface area contributed by atoms with Crippen LogP contribution in [-0.2, 0) is 94.6 Å². The lowest BCUT2D eigenvalue weighted by Gasteiger charge is -2.47. The van der Waals surface area contributed by atoms with Crippen LogP contribution in [0.2, 0.25) is 0 Å². The number of rotatable bonds is 19. The van der Waals surface area contributed by atoms with Gasteiger partial charge in [0.05, 0.1) is 140 Å². The van der Waals surface area contributed by atoms with Crippen LogP contribution in [0.4, 0.5) is 0 Å². The number of ether oxygens (including phenoxy) is 27. The van der Waals surface area contributed by atoms with E-state index in [4.69, 9.17) is 159 Å². The number of phenols is 1. The minimum absolute atomic E-state index is 0.0122. The van der Waals surface area contributed by atoms with E-state index in [1.807, 2.05) is 0 Å². The van der Waals surface area contributed by atoms with Gasteiger partial charge in [0.25, 0.3) is 0 Å². The van der Waals surface area contributed by atoms with E-state index in [-0.39, 0.29) is 104 Å². The summed E-state index contributed by atoms with van der Waals surface area (Å²) >= 11 is 0. The summed E-state index contributed by atoms with van der Waals surface area (Å²) in [5, 5.41) is 77.1. The smallest absolute Gasteiger partial charge is 0.502 e. The molecule has 9 saturated heterocycles. The molecule has 47 heteroatoms. The highest BCUT2D eigenvalue weighted by molar-refractivity contribution is 7.47. The number of fused-ring (bicyclic) bond motifs is 12. The Morgan fingerprint density at radius 2 is 0.687 bits per heavy atom. The van der Waals surface area contributed by atoms with Gasteiger partial charge in [-0.15, -0.1) is 0 Å². The Morgan fingerprint density at radius 1 is 0.373 bits per heavy atom. The average molecular weight is 1940 g/mol. The van der Waals surface area contributed by atoms with E-state index in [1.54, 1.807) is 39.0 Å². The van der Waals surface area contributed by atoms with E-state index in [0.29, 0.717) is 39.3 Å². The molecule has 0 bridgehead atoms. The number of esters is 3. The van der Waals surface area contributed by atoms with Crippen molar-refractivity contribution < 1.29 is 239 Å². The van der Waals surface area contributed by atoms with Crippen LogP contribution >= 0.6 is 15.6 Å². The minimum atomic E-state index is -5.47. The molecule has 0 unspecified atom stereocenters. The number of methoxy groups -OCH3 is 6. The first-order valence-corrected chi connectivity index (χ1v) is 44.5. The van der Waals surface area contributed by atoms with Crippen molar-refractivity contribution in [2.75, 3.05) is 102 Å². The van der Waals surface area contributed by atoms with Crippen molar-refractivity contribution >= 4 is 33.6 Å². The van der Waals surface area contributed by atoms with Crippen molar-refractivity contribution in [2.24, 2.45) is 35.5 Å². The molecule has 21 rings (SSSR count). The maximum absolute atomic E-state index is 13.8. The molecule has 6 aromatic carbocycles. The minimum Gasteiger partial charge on any atom is -0.502 e. The zero-order valence-electron chi connectivity index (χ0n) is 87.3. The van der Waals surface area contributed by atoms with Crippen molar-refractivity contribution in [3.63, 3.8) is 0 Å². The van der Waals surface area contributed by atoms with Crippen LogP contribution in [0.5, 0.6) is 86.2 Å². The molecule has 0 saturated carbocycles. The van der Waals surface area contributed by atoms with E-state index in [0.717, 1.165) is 24.3 Å². The third-order valence-electron chi connectivity index (χ3n) is 25.4.